The highest BCUT2D eigenvalue weighted by atomic mass is 35.5. The third-order valence-electron chi connectivity index (χ3n) is 6.00. The Hall–Kier alpha value is -3.52. The first-order valence-corrected chi connectivity index (χ1v) is 12.6. The summed E-state index contributed by atoms with van der Waals surface area (Å²) < 4.78 is 1.34. The molecule has 0 unspecified atom stereocenters. The number of amides is 2. The van der Waals surface area contributed by atoms with Gasteiger partial charge in [-0.3, -0.25) is 4.79 Å². The van der Waals surface area contributed by atoms with Crippen molar-refractivity contribution in [1.29, 1.82) is 0 Å². The second-order valence-electron chi connectivity index (χ2n) is 8.71. The van der Waals surface area contributed by atoms with Crippen LogP contribution in [0.15, 0.2) is 66.7 Å². The maximum atomic E-state index is 13.0. The minimum Gasteiger partial charge on any atom is -0.507 e. The van der Waals surface area contributed by atoms with E-state index in [1.165, 1.54) is 10.7 Å². The first kappa shape index (κ1) is 25.1. The molecule has 37 heavy (non-hydrogen) atoms. The number of benzene rings is 3. The summed E-state index contributed by atoms with van der Waals surface area (Å²) in [5.74, 6) is -0.245. The van der Waals surface area contributed by atoms with Gasteiger partial charge in [0.2, 0.25) is 0 Å². The molecule has 0 radical (unpaired) electrons. The first-order valence-electron chi connectivity index (χ1n) is 11.5. The molecule has 3 N–H and O–H groups in total. The van der Waals surface area contributed by atoms with Crippen molar-refractivity contribution in [2.45, 2.75) is 25.3 Å². The number of hydrogen-bond acceptors (Lipinski definition) is 4. The molecular formula is C27H21Cl3N4O3. The van der Waals surface area contributed by atoms with Crippen molar-refractivity contribution >= 4 is 52.4 Å². The molecule has 3 aromatic carbocycles. The van der Waals surface area contributed by atoms with Crippen LogP contribution >= 0.6 is 34.8 Å². The van der Waals surface area contributed by atoms with Gasteiger partial charge in [0, 0.05) is 29.8 Å². The highest BCUT2D eigenvalue weighted by Gasteiger charge is 2.30. The van der Waals surface area contributed by atoms with Crippen molar-refractivity contribution in [3.63, 3.8) is 0 Å². The Labute approximate surface area is 228 Å². The summed E-state index contributed by atoms with van der Waals surface area (Å²) in [7, 11) is 0. The average Bonchev–Trinajstić information content (AvgIpc) is 3.63. The number of hydrogen-bond donors (Lipinski definition) is 3. The molecule has 0 aliphatic heterocycles. The Bertz CT molecular complexity index is 1510. The van der Waals surface area contributed by atoms with Crippen LogP contribution in [0, 0.1) is 0 Å². The first-order chi connectivity index (χ1) is 17.8. The summed E-state index contributed by atoms with van der Waals surface area (Å²) in [4.78, 5) is 25.6. The Morgan fingerprint density at radius 1 is 0.946 bits per heavy atom. The molecule has 0 saturated heterocycles. The fourth-order valence-electron chi connectivity index (χ4n) is 3.93. The number of rotatable bonds is 6. The normalized spacial score (nSPS) is 12.8. The lowest BCUT2D eigenvalue weighted by Crippen LogP contribution is -2.30. The molecule has 0 atom stereocenters. The van der Waals surface area contributed by atoms with Crippen molar-refractivity contribution in [3.05, 3.63) is 98.6 Å². The van der Waals surface area contributed by atoms with Gasteiger partial charge in [-0.2, -0.15) is 9.78 Å². The van der Waals surface area contributed by atoms with E-state index in [4.69, 9.17) is 34.8 Å². The predicted octanol–water partition coefficient (Wildman–Crippen LogP) is 7.10. The molecule has 7 nitrogen and oxygen atoms in total. The standard InChI is InChI=1S/C27H21Cl3N4O3/c28-20-4-2-1-3-18(20)26(36)32-17-8-9-19(25(35)12-17)23-13-24(16-6-7-16)34(33-23)27(37)31-14-15-5-10-21(29)22(30)11-15/h1-5,8-13,16,35H,6-7,14H2,(H,31,37)(H,32,36). The minimum absolute atomic E-state index is 0.0832. The van der Waals surface area contributed by atoms with Crippen LogP contribution in [0.25, 0.3) is 11.3 Å². The molecular weight excluding hydrogens is 535 g/mol. The second-order valence-corrected chi connectivity index (χ2v) is 9.94. The smallest absolute Gasteiger partial charge is 0.342 e. The number of nitrogens with zero attached hydrogens (tertiary/aromatic N) is 2. The van der Waals surface area contributed by atoms with Gasteiger partial charge in [0.25, 0.3) is 5.91 Å². The van der Waals surface area contributed by atoms with Gasteiger partial charge in [-0.05, 0) is 60.9 Å². The molecule has 2 amide bonds. The Morgan fingerprint density at radius 3 is 2.43 bits per heavy atom. The number of carbonyl (C=O) groups excluding carboxylic acids is 2. The number of aromatic nitrogens is 2. The van der Waals surface area contributed by atoms with Crippen LogP contribution in [0.1, 0.15) is 40.4 Å². The van der Waals surface area contributed by atoms with Gasteiger partial charge in [-0.15, -0.1) is 0 Å². The lowest BCUT2D eigenvalue weighted by molar-refractivity contribution is 0.102. The second kappa shape index (κ2) is 10.5. The number of halogens is 3. The number of carbonyl (C=O) groups is 2. The van der Waals surface area contributed by atoms with Crippen LogP contribution in [0.4, 0.5) is 10.5 Å². The van der Waals surface area contributed by atoms with Crippen molar-refractivity contribution in [1.82, 2.24) is 15.1 Å². The molecule has 0 spiro atoms. The van der Waals surface area contributed by atoms with E-state index in [1.54, 1.807) is 54.6 Å². The van der Waals surface area contributed by atoms with Crippen LogP contribution < -0.4 is 10.6 Å². The zero-order chi connectivity index (χ0) is 26.1. The van der Waals surface area contributed by atoms with Crippen LogP contribution in [-0.4, -0.2) is 26.8 Å². The van der Waals surface area contributed by atoms with Gasteiger partial charge in [0.15, 0.2) is 0 Å². The number of phenolic OH excluding ortho intramolecular Hbond substituents is 1. The van der Waals surface area contributed by atoms with Gasteiger partial charge in [0.05, 0.1) is 32.0 Å². The third kappa shape index (κ3) is 5.59. The average molecular weight is 556 g/mol. The maximum absolute atomic E-state index is 13.0. The fraction of sp³-hybridized carbons (Fsp3) is 0.148. The summed E-state index contributed by atoms with van der Waals surface area (Å²) in [5.41, 5.74) is 3.19. The lowest BCUT2D eigenvalue weighted by Gasteiger charge is -2.09. The summed E-state index contributed by atoms with van der Waals surface area (Å²) in [6.45, 7) is 0.250. The third-order valence-corrected chi connectivity index (χ3v) is 7.07. The SMILES string of the molecule is O=C(Nc1ccc(-c2cc(C3CC3)n(C(=O)NCc3ccc(Cl)c(Cl)c3)n2)c(O)c1)c1ccccc1Cl. The number of anilines is 1. The molecule has 1 fully saturated rings. The molecule has 5 rings (SSSR count). The van der Waals surface area contributed by atoms with Crippen molar-refractivity contribution in [2.24, 2.45) is 0 Å². The van der Waals surface area contributed by atoms with Gasteiger partial charge in [-0.25, -0.2) is 4.79 Å². The van der Waals surface area contributed by atoms with Crippen LogP contribution in [0.5, 0.6) is 5.75 Å². The van der Waals surface area contributed by atoms with E-state index >= 15 is 0 Å². The fourth-order valence-corrected chi connectivity index (χ4v) is 4.47. The minimum atomic E-state index is -0.392. The summed E-state index contributed by atoms with van der Waals surface area (Å²) in [6.07, 6.45) is 1.93. The summed E-state index contributed by atoms with van der Waals surface area (Å²) >= 11 is 18.1. The Kier molecular flexibility index (Phi) is 7.11. The largest absolute Gasteiger partial charge is 0.507 e. The maximum Gasteiger partial charge on any atom is 0.342 e. The van der Waals surface area contributed by atoms with E-state index in [9.17, 15) is 14.7 Å². The van der Waals surface area contributed by atoms with Gasteiger partial charge < -0.3 is 15.7 Å². The van der Waals surface area contributed by atoms with E-state index < -0.39 is 5.91 Å². The molecule has 4 aromatic rings. The summed E-state index contributed by atoms with van der Waals surface area (Å²) in [5, 5.41) is 22.0. The number of phenols is 1. The van der Waals surface area contributed by atoms with E-state index in [2.05, 4.69) is 15.7 Å². The monoisotopic (exact) mass is 554 g/mol. The Balaban J connectivity index is 1.34. The number of nitrogens with one attached hydrogen (secondary N) is 2. The molecule has 1 aromatic heterocycles. The van der Waals surface area contributed by atoms with Gasteiger partial charge in [-0.1, -0.05) is 53.0 Å². The van der Waals surface area contributed by atoms with Gasteiger partial charge >= 0.3 is 6.03 Å². The topological polar surface area (TPSA) is 96.3 Å². The summed E-state index contributed by atoms with van der Waals surface area (Å²) in [6, 6.07) is 18.0. The van der Waals surface area contributed by atoms with Crippen LogP contribution in [0.2, 0.25) is 15.1 Å². The van der Waals surface area contributed by atoms with Crippen molar-refractivity contribution in [2.75, 3.05) is 5.32 Å². The zero-order valence-electron chi connectivity index (χ0n) is 19.3. The predicted molar refractivity (Wildman–Crippen MR) is 145 cm³/mol. The molecule has 1 aliphatic carbocycles. The van der Waals surface area contributed by atoms with E-state index in [0.29, 0.717) is 37.6 Å². The molecule has 1 heterocycles. The highest BCUT2D eigenvalue weighted by molar-refractivity contribution is 6.42. The van der Waals surface area contributed by atoms with Gasteiger partial charge in [0.1, 0.15) is 5.75 Å². The number of aromatic hydroxyl groups is 1. The van der Waals surface area contributed by atoms with E-state index in [0.717, 1.165) is 24.1 Å². The molecule has 1 saturated carbocycles. The Morgan fingerprint density at radius 2 is 1.73 bits per heavy atom. The molecule has 0 bridgehead atoms. The van der Waals surface area contributed by atoms with E-state index in [-0.39, 0.29) is 24.2 Å². The highest BCUT2D eigenvalue weighted by Crippen LogP contribution is 2.42. The molecule has 1 aliphatic rings. The van der Waals surface area contributed by atoms with Crippen LogP contribution in [-0.2, 0) is 6.54 Å². The lowest BCUT2D eigenvalue weighted by atomic mass is 10.1. The van der Waals surface area contributed by atoms with Crippen LogP contribution in [0.3, 0.4) is 0 Å². The molecule has 10 heteroatoms. The van der Waals surface area contributed by atoms with E-state index in [1.807, 2.05) is 6.07 Å². The quantitative estimate of drug-likeness (QED) is 0.236. The molecule has 188 valence electrons. The zero-order valence-corrected chi connectivity index (χ0v) is 21.6. The van der Waals surface area contributed by atoms with Crippen molar-refractivity contribution < 1.29 is 14.7 Å². The van der Waals surface area contributed by atoms with Crippen molar-refractivity contribution in [3.8, 4) is 17.0 Å².